The molecule has 55 heavy (non-hydrogen) atoms. The zero-order valence-corrected chi connectivity index (χ0v) is 31.1. The van der Waals surface area contributed by atoms with E-state index in [1.165, 1.54) is 14.0 Å². The zero-order chi connectivity index (χ0) is 39.9. The van der Waals surface area contributed by atoms with Crippen LogP contribution in [0.15, 0.2) is 18.6 Å². The van der Waals surface area contributed by atoms with Crippen molar-refractivity contribution >= 4 is 7.85 Å². The third-order valence-electron chi connectivity index (χ3n) is 11.3. The molecule has 21 nitrogen and oxygen atoms in total. The zero-order valence-electron chi connectivity index (χ0n) is 31.1. The van der Waals surface area contributed by atoms with Crippen molar-refractivity contribution in [3.8, 4) is 0 Å². The van der Waals surface area contributed by atoms with E-state index in [4.69, 9.17) is 22.1 Å². The third kappa shape index (κ3) is 8.95. The van der Waals surface area contributed by atoms with Gasteiger partial charge >= 0.3 is 0 Å². The number of hydrogen-bond acceptors (Lipinski definition) is 18. The number of aliphatic hydroxyl groups excluding tert-OH is 9. The van der Waals surface area contributed by atoms with E-state index in [1.807, 2.05) is 6.92 Å². The third-order valence-corrected chi connectivity index (χ3v) is 11.3. The van der Waals surface area contributed by atoms with Crippen LogP contribution < -0.4 is 0 Å². The van der Waals surface area contributed by atoms with Gasteiger partial charge in [-0.3, -0.25) is 0 Å². The van der Waals surface area contributed by atoms with Gasteiger partial charge in [-0.1, -0.05) is 28.4 Å². The molecule has 304 valence electrons. The molecule has 3 saturated heterocycles. The van der Waals surface area contributed by atoms with Crippen molar-refractivity contribution in [2.24, 2.45) is 5.41 Å². The number of aromatic nitrogens is 9. The van der Waals surface area contributed by atoms with Gasteiger partial charge in [0.25, 0.3) is 0 Å². The topological polar surface area (TPSA) is 302 Å². The Labute approximate surface area is 317 Å². The van der Waals surface area contributed by atoms with Gasteiger partial charge in [0, 0.05) is 18.6 Å². The van der Waals surface area contributed by atoms with Gasteiger partial charge in [-0.2, -0.15) is 0 Å². The molecular formula is C33H52BN9O12. The van der Waals surface area contributed by atoms with Gasteiger partial charge in [-0.05, 0) is 45.4 Å². The van der Waals surface area contributed by atoms with Crippen LogP contribution in [-0.2, 0) is 53.1 Å². The van der Waals surface area contributed by atoms with E-state index in [0.717, 1.165) is 0 Å². The molecule has 6 heterocycles. The molecular weight excluding hydrogens is 725 g/mol. The predicted molar refractivity (Wildman–Crippen MR) is 186 cm³/mol. The fourth-order valence-corrected chi connectivity index (χ4v) is 7.69. The second-order valence-electron chi connectivity index (χ2n) is 15.5. The highest BCUT2D eigenvalue weighted by molar-refractivity contribution is 6.12. The minimum absolute atomic E-state index is 0.0367. The molecule has 3 aliphatic heterocycles. The Morgan fingerprint density at radius 2 is 0.800 bits per heavy atom. The van der Waals surface area contributed by atoms with Gasteiger partial charge in [0.15, 0.2) is 0 Å². The quantitative estimate of drug-likeness (QED) is 0.0735. The van der Waals surface area contributed by atoms with E-state index in [-0.39, 0.29) is 38.9 Å². The van der Waals surface area contributed by atoms with Crippen molar-refractivity contribution in [3.63, 3.8) is 0 Å². The summed E-state index contributed by atoms with van der Waals surface area (Å²) >= 11 is 0. The summed E-state index contributed by atoms with van der Waals surface area (Å²) in [7, 11) is 6.79. The van der Waals surface area contributed by atoms with Crippen molar-refractivity contribution in [1.82, 2.24) is 45.0 Å². The van der Waals surface area contributed by atoms with Crippen LogP contribution in [0.5, 0.6) is 0 Å². The maximum Gasteiger partial charge on any atom is 0.111 e. The molecule has 9 N–H and O–H groups in total. The summed E-state index contributed by atoms with van der Waals surface area (Å²) in [5.74, 6) is -0.532. The summed E-state index contributed by atoms with van der Waals surface area (Å²) in [5.41, 5.74) is 0.716. The number of ether oxygens (including phenoxy) is 3. The van der Waals surface area contributed by atoms with E-state index in [2.05, 4.69) is 30.9 Å². The Balaban J connectivity index is 1.23. The summed E-state index contributed by atoms with van der Waals surface area (Å²) in [4.78, 5) is 0. The lowest BCUT2D eigenvalue weighted by atomic mass is 9.60. The average molecular weight is 778 g/mol. The number of hydrogen-bond donors (Lipinski definition) is 9. The van der Waals surface area contributed by atoms with E-state index >= 15 is 0 Å². The van der Waals surface area contributed by atoms with Crippen molar-refractivity contribution in [3.05, 3.63) is 35.7 Å². The largest absolute Gasteiger partial charge is 0.388 e. The van der Waals surface area contributed by atoms with Gasteiger partial charge < -0.3 is 60.2 Å². The van der Waals surface area contributed by atoms with Crippen molar-refractivity contribution in [2.75, 3.05) is 0 Å². The first-order valence-corrected chi connectivity index (χ1v) is 18.5. The smallest absolute Gasteiger partial charge is 0.111 e. The van der Waals surface area contributed by atoms with Crippen LogP contribution in [-0.4, -0.2) is 190 Å². The van der Waals surface area contributed by atoms with E-state index in [1.54, 1.807) is 39.4 Å². The first kappa shape index (κ1) is 41.6. The first-order chi connectivity index (χ1) is 26.0. The summed E-state index contributed by atoms with van der Waals surface area (Å²) in [6.07, 6.45) is -11.0. The van der Waals surface area contributed by atoms with E-state index in [9.17, 15) is 46.0 Å². The fraction of sp³-hybridized carbons (Fsp3) is 0.818. The van der Waals surface area contributed by atoms with Crippen molar-refractivity contribution < 1.29 is 60.2 Å². The highest BCUT2D eigenvalue weighted by Gasteiger charge is 2.45. The molecule has 0 spiro atoms. The Kier molecular flexibility index (Phi) is 12.8. The van der Waals surface area contributed by atoms with Gasteiger partial charge in [0.2, 0.25) is 0 Å². The highest BCUT2D eigenvalue weighted by Crippen LogP contribution is 2.40. The monoisotopic (exact) mass is 777 g/mol. The molecule has 3 aromatic heterocycles. The van der Waals surface area contributed by atoms with Gasteiger partial charge in [0.05, 0.1) is 62.9 Å². The van der Waals surface area contributed by atoms with Crippen LogP contribution in [0.2, 0.25) is 5.82 Å². The van der Waals surface area contributed by atoms with Gasteiger partial charge in [-0.25, -0.2) is 14.0 Å². The highest BCUT2D eigenvalue weighted by atomic mass is 16.5. The molecule has 22 heteroatoms. The molecule has 16 atom stereocenters. The van der Waals surface area contributed by atoms with E-state index in [0.29, 0.717) is 17.1 Å². The van der Waals surface area contributed by atoms with Crippen LogP contribution in [0.4, 0.5) is 0 Å². The molecule has 0 amide bonds. The molecule has 0 saturated carbocycles. The molecule has 6 rings (SSSR count). The SMILES string of the molecule is [B][C@@H](C)C(Cc1cn(CC2OC(C)C(O)C(O)C2O)nn1)(Cc1cn(CC2OC(C)C(O)C(O)C2O)nn1)Cc1cn(CC2OC(C)C(O)C(O)C2O)nn1. The molecule has 0 aliphatic carbocycles. The van der Waals surface area contributed by atoms with Crippen molar-refractivity contribution in [2.45, 2.75) is 164 Å². The minimum atomic E-state index is -1.40. The number of rotatable bonds is 13. The predicted octanol–water partition coefficient (Wildman–Crippen LogP) is -4.94. The lowest BCUT2D eigenvalue weighted by Crippen LogP contribution is -2.57. The standard InChI is InChI=1S/C33H52BN9O12/c1-14-24(44)30(50)27(47)21(53-14)11-41-8-18(35-38-41)5-33(17(4)34,6-19-9-42(39-36-19)12-22-28(48)31(51)25(45)15(2)54-22)7-20-10-43(40-37-20)13-23-29(49)32(52)26(46)16(3)55-23/h8-10,14-17,21-32,44-52H,5-7,11-13H2,1-4H3/t14?,15?,16?,17-,21?,22?,23?,24?,25?,26?,27?,28?,29?,30?,31?,32?,33?/m0/s1. The maximum atomic E-state index is 10.6. The Morgan fingerprint density at radius 1 is 0.527 bits per heavy atom. The second-order valence-corrected chi connectivity index (χ2v) is 15.5. The molecule has 3 aromatic rings. The Morgan fingerprint density at radius 3 is 1.05 bits per heavy atom. The summed E-state index contributed by atoms with van der Waals surface area (Å²) < 4.78 is 21.7. The molecule has 3 fully saturated rings. The lowest BCUT2D eigenvalue weighted by molar-refractivity contribution is -0.220. The Hall–Kier alpha value is -3.00. The molecule has 2 radical (unpaired) electrons. The fourth-order valence-electron chi connectivity index (χ4n) is 7.69. The lowest BCUT2D eigenvalue weighted by Gasteiger charge is -2.39. The van der Waals surface area contributed by atoms with Crippen LogP contribution in [0.1, 0.15) is 44.8 Å². The second kappa shape index (κ2) is 16.8. The van der Waals surface area contributed by atoms with Crippen LogP contribution in [0.3, 0.4) is 0 Å². The Bertz CT molecular complexity index is 1510. The van der Waals surface area contributed by atoms with Crippen LogP contribution >= 0.6 is 0 Å². The normalized spacial score (nSPS) is 38.8. The molecule has 0 bridgehead atoms. The summed E-state index contributed by atoms with van der Waals surface area (Å²) in [6, 6.07) is 0. The number of nitrogens with zero attached hydrogens (tertiary/aromatic N) is 9. The van der Waals surface area contributed by atoms with Crippen LogP contribution in [0.25, 0.3) is 0 Å². The summed E-state index contributed by atoms with van der Waals surface area (Å²) in [5, 5.41) is 119. The first-order valence-electron chi connectivity index (χ1n) is 18.5. The van der Waals surface area contributed by atoms with Crippen LogP contribution in [0, 0.1) is 5.41 Å². The van der Waals surface area contributed by atoms with Crippen molar-refractivity contribution in [1.29, 1.82) is 0 Å². The molecule has 0 aromatic carbocycles. The maximum absolute atomic E-state index is 10.6. The molecule has 3 aliphatic rings. The molecule has 15 unspecified atom stereocenters. The minimum Gasteiger partial charge on any atom is -0.388 e. The van der Waals surface area contributed by atoms with Gasteiger partial charge in [-0.15, -0.1) is 15.3 Å². The average Bonchev–Trinajstić information content (AvgIpc) is 3.90. The number of aliphatic hydroxyl groups is 9. The van der Waals surface area contributed by atoms with Gasteiger partial charge in [0.1, 0.15) is 73.2 Å². The summed E-state index contributed by atoms with van der Waals surface area (Å²) in [6.45, 7) is 6.74. The van der Waals surface area contributed by atoms with E-state index < -0.39 is 103 Å².